The molecule has 132 valence electrons. The summed E-state index contributed by atoms with van der Waals surface area (Å²) >= 11 is 3.20. The van der Waals surface area contributed by atoms with E-state index in [0.29, 0.717) is 21.6 Å². The first-order valence-electron chi connectivity index (χ1n) is 8.27. The smallest absolute Gasteiger partial charge is 0.336 e. The van der Waals surface area contributed by atoms with E-state index in [1.807, 2.05) is 12.1 Å². The van der Waals surface area contributed by atoms with Crippen molar-refractivity contribution in [1.82, 2.24) is 0 Å². The Morgan fingerprint density at radius 3 is 2.73 bits per heavy atom. The van der Waals surface area contributed by atoms with Crippen LogP contribution in [0.5, 0.6) is 0 Å². The minimum absolute atomic E-state index is 0.00586. The van der Waals surface area contributed by atoms with Crippen LogP contribution in [-0.2, 0) is 29.0 Å². The molecular formula is C20H15BrO5. The normalized spacial score (nSPS) is 13.4. The average molecular weight is 415 g/mol. The van der Waals surface area contributed by atoms with Gasteiger partial charge in [0, 0.05) is 23.1 Å². The molecule has 5 nitrogen and oxygen atoms in total. The highest BCUT2D eigenvalue weighted by molar-refractivity contribution is 9.10. The maximum absolute atomic E-state index is 11.9. The van der Waals surface area contributed by atoms with Gasteiger partial charge in [0.05, 0.1) is 0 Å². The second-order valence-corrected chi connectivity index (χ2v) is 6.93. The van der Waals surface area contributed by atoms with Gasteiger partial charge in [0.25, 0.3) is 0 Å². The molecule has 0 aliphatic heterocycles. The third kappa shape index (κ3) is 3.51. The molecule has 0 bridgehead atoms. The first kappa shape index (κ1) is 16.8. The first-order valence-corrected chi connectivity index (χ1v) is 9.06. The molecule has 2 heterocycles. The van der Waals surface area contributed by atoms with E-state index in [-0.39, 0.29) is 6.61 Å². The van der Waals surface area contributed by atoms with E-state index >= 15 is 0 Å². The summed E-state index contributed by atoms with van der Waals surface area (Å²) in [5.41, 5.74) is 3.23. The first-order chi connectivity index (χ1) is 12.6. The summed E-state index contributed by atoms with van der Waals surface area (Å²) in [5, 5.41) is 0.817. The summed E-state index contributed by atoms with van der Waals surface area (Å²) in [5.74, 6) is 0.0234. The fourth-order valence-electron chi connectivity index (χ4n) is 3.18. The standard InChI is InChI=1S/C20H15BrO5/c21-18-6-4-15(25-18)5-7-19(22)24-11-14-10-20(23)26-17-9-13-3-1-2-12(13)8-16(14)17/h4-10H,1-3,11H2/b7-5+. The number of aryl methyl sites for hydroxylation is 2. The molecule has 1 aromatic carbocycles. The summed E-state index contributed by atoms with van der Waals surface area (Å²) in [6.45, 7) is 0.00586. The molecule has 1 aliphatic carbocycles. The molecule has 0 radical (unpaired) electrons. The van der Waals surface area contributed by atoms with Crippen molar-refractivity contribution in [3.8, 4) is 0 Å². The van der Waals surface area contributed by atoms with Crippen LogP contribution < -0.4 is 5.63 Å². The zero-order valence-corrected chi connectivity index (χ0v) is 15.4. The Labute approximate surface area is 157 Å². The van der Waals surface area contributed by atoms with Crippen molar-refractivity contribution >= 4 is 38.9 Å². The predicted octanol–water partition coefficient (Wildman–Crippen LogP) is 4.39. The molecule has 3 aromatic rings. The molecule has 2 aromatic heterocycles. The van der Waals surface area contributed by atoms with Crippen LogP contribution >= 0.6 is 15.9 Å². The van der Waals surface area contributed by atoms with E-state index in [0.717, 1.165) is 24.6 Å². The number of esters is 1. The second-order valence-electron chi connectivity index (χ2n) is 6.14. The Hall–Kier alpha value is -2.60. The van der Waals surface area contributed by atoms with Crippen molar-refractivity contribution in [2.45, 2.75) is 25.9 Å². The lowest BCUT2D eigenvalue weighted by Gasteiger charge is -2.08. The third-order valence-electron chi connectivity index (χ3n) is 4.39. The van der Waals surface area contributed by atoms with Crippen molar-refractivity contribution in [2.24, 2.45) is 0 Å². The number of hydrogen-bond acceptors (Lipinski definition) is 5. The Bertz CT molecular complexity index is 1070. The number of carbonyl (C=O) groups is 1. The molecule has 0 N–H and O–H groups in total. The number of rotatable bonds is 4. The largest absolute Gasteiger partial charge is 0.458 e. The van der Waals surface area contributed by atoms with Gasteiger partial charge in [-0.15, -0.1) is 0 Å². The minimum Gasteiger partial charge on any atom is -0.458 e. The fraction of sp³-hybridized carbons (Fsp3) is 0.200. The Morgan fingerprint density at radius 1 is 1.15 bits per heavy atom. The maximum Gasteiger partial charge on any atom is 0.336 e. The Balaban J connectivity index is 1.54. The SMILES string of the molecule is O=C(/C=C/c1ccc(Br)o1)OCc1cc(=O)oc2cc3c(cc12)CCC3. The molecule has 0 amide bonds. The average Bonchev–Trinajstić information content (AvgIpc) is 3.24. The molecule has 0 fully saturated rings. The van der Waals surface area contributed by atoms with Gasteiger partial charge in [-0.05, 0) is 76.7 Å². The molecule has 0 atom stereocenters. The number of hydrogen-bond donors (Lipinski definition) is 0. The number of halogens is 1. The topological polar surface area (TPSA) is 69.7 Å². The van der Waals surface area contributed by atoms with Crippen LogP contribution in [0.15, 0.2) is 54.7 Å². The highest BCUT2D eigenvalue weighted by Gasteiger charge is 2.15. The van der Waals surface area contributed by atoms with Crippen molar-refractivity contribution in [2.75, 3.05) is 0 Å². The van der Waals surface area contributed by atoms with Crippen molar-refractivity contribution in [3.05, 3.63) is 73.9 Å². The van der Waals surface area contributed by atoms with Crippen LogP contribution in [0.2, 0.25) is 0 Å². The Morgan fingerprint density at radius 2 is 1.96 bits per heavy atom. The van der Waals surface area contributed by atoms with Gasteiger partial charge in [0.1, 0.15) is 18.0 Å². The molecule has 0 saturated carbocycles. The van der Waals surface area contributed by atoms with Crippen LogP contribution in [0.3, 0.4) is 0 Å². The summed E-state index contributed by atoms with van der Waals surface area (Å²) in [4.78, 5) is 23.8. The molecule has 1 aliphatic rings. The molecular weight excluding hydrogens is 400 g/mol. The number of furan rings is 1. The van der Waals surface area contributed by atoms with E-state index in [4.69, 9.17) is 13.6 Å². The molecule has 26 heavy (non-hydrogen) atoms. The van der Waals surface area contributed by atoms with Gasteiger partial charge in [-0.25, -0.2) is 9.59 Å². The lowest BCUT2D eigenvalue weighted by molar-refractivity contribution is -0.138. The Kier molecular flexibility index (Phi) is 4.51. The molecule has 0 spiro atoms. The quantitative estimate of drug-likeness (QED) is 0.359. The number of fused-ring (bicyclic) bond motifs is 2. The number of ether oxygens (including phenoxy) is 1. The third-order valence-corrected chi connectivity index (χ3v) is 4.82. The summed E-state index contributed by atoms with van der Waals surface area (Å²) in [6, 6.07) is 8.81. The van der Waals surface area contributed by atoms with Crippen molar-refractivity contribution < 1.29 is 18.4 Å². The van der Waals surface area contributed by atoms with Crippen molar-refractivity contribution in [3.63, 3.8) is 0 Å². The lowest BCUT2D eigenvalue weighted by Crippen LogP contribution is -2.06. The summed E-state index contributed by atoms with van der Waals surface area (Å²) in [7, 11) is 0. The molecule has 0 unspecified atom stereocenters. The summed E-state index contributed by atoms with van der Waals surface area (Å²) in [6.07, 6.45) is 5.94. The zero-order valence-electron chi connectivity index (χ0n) is 13.8. The number of benzene rings is 1. The number of carbonyl (C=O) groups excluding carboxylic acids is 1. The van der Waals surface area contributed by atoms with Crippen LogP contribution in [0, 0.1) is 0 Å². The van der Waals surface area contributed by atoms with E-state index in [2.05, 4.69) is 15.9 Å². The van der Waals surface area contributed by atoms with E-state index in [1.54, 1.807) is 12.1 Å². The van der Waals surface area contributed by atoms with Crippen LogP contribution in [-0.4, -0.2) is 5.97 Å². The van der Waals surface area contributed by atoms with E-state index in [1.165, 1.54) is 29.3 Å². The highest BCUT2D eigenvalue weighted by Crippen LogP contribution is 2.28. The maximum atomic E-state index is 11.9. The zero-order chi connectivity index (χ0) is 18.1. The van der Waals surface area contributed by atoms with Gasteiger partial charge in [-0.1, -0.05) is 0 Å². The van der Waals surface area contributed by atoms with E-state index < -0.39 is 11.6 Å². The second kappa shape index (κ2) is 6.96. The van der Waals surface area contributed by atoms with Crippen LogP contribution in [0.1, 0.15) is 28.9 Å². The van der Waals surface area contributed by atoms with Gasteiger partial charge in [-0.3, -0.25) is 0 Å². The predicted molar refractivity (Wildman–Crippen MR) is 99.7 cm³/mol. The molecule has 4 rings (SSSR count). The lowest BCUT2D eigenvalue weighted by atomic mass is 10.0. The van der Waals surface area contributed by atoms with Gasteiger partial charge >= 0.3 is 11.6 Å². The fourth-order valence-corrected chi connectivity index (χ4v) is 3.50. The van der Waals surface area contributed by atoms with Gasteiger partial charge in [-0.2, -0.15) is 0 Å². The van der Waals surface area contributed by atoms with Gasteiger partial charge in [0.2, 0.25) is 0 Å². The molecule has 6 heteroatoms. The van der Waals surface area contributed by atoms with Crippen LogP contribution in [0.4, 0.5) is 0 Å². The van der Waals surface area contributed by atoms with Crippen LogP contribution in [0.25, 0.3) is 17.0 Å². The van der Waals surface area contributed by atoms with Gasteiger partial charge in [0.15, 0.2) is 4.67 Å². The monoisotopic (exact) mass is 414 g/mol. The highest BCUT2D eigenvalue weighted by atomic mass is 79.9. The van der Waals surface area contributed by atoms with Crippen molar-refractivity contribution in [1.29, 1.82) is 0 Å². The minimum atomic E-state index is -0.514. The molecule has 0 saturated heterocycles. The van der Waals surface area contributed by atoms with E-state index in [9.17, 15) is 9.59 Å². The van der Waals surface area contributed by atoms with Gasteiger partial charge < -0.3 is 13.6 Å². The summed E-state index contributed by atoms with van der Waals surface area (Å²) < 4.78 is 16.5.